The summed E-state index contributed by atoms with van der Waals surface area (Å²) in [6, 6.07) is 14.1. The molecular formula is C20H20N2O3. The summed E-state index contributed by atoms with van der Waals surface area (Å²) in [5, 5.41) is 0. The van der Waals surface area contributed by atoms with Crippen molar-refractivity contribution in [2.24, 2.45) is 0 Å². The lowest BCUT2D eigenvalue weighted by Gasteiger charge is -2.22. The Bertz CT molecular complexity index is 888. The van der Waals surface area contributed by atoms with Gasteiger partial charge in [-0.3, -0.25) is 0 Å². The minimum absolute atomic E-state index is 0.286. The lowest BCUT2D eigenvalue weighted by molar-refractivity contribution is 0.174. The van der Waals surface area contributed by atoms with Gasteiger partial charge in [0, 0.05) is 23.9 Å². The van der Waals surface area contributed by atoms with Crippen molar-refractivity contribution in [2.75, 3.05) is 18.2 Å². The van der Waals surface area contributed by atoms with Crippen LogP contribution < -0.4 is 14.4 Å². The molecule has 0 N–H and O–H groups in total. The van der Waals surface area contributed by atoms with Crippen molar-refractivity contribution in [2.45, 2.75) is 20.4 Å². The molecule has 0 saturated carbocycles. The van der Waals surface area contributed by atoms with Gasteiger partial charge in [-0.25, -0.2) is 4.98 Å². The lowest BCUT2D eigenvalue weighted by atomic mass is 10.1. The molecule has 128 valence electrons. The number of hydrogen-bond acceptors (Lipinski definition) is 5. The van der Waals surface area contributed by atoms with Crippen molar-refractivity contribution in [3.8, 4) is 23.0 Å². The topological polar surface area (TPSA) is 47.7 Å². The molecule has 0 spiro atoms. The van der Waals surface area contributed by atoms with Gasteiger partial charge in [-0.05, 0) is 37.6 Å². The van der Waals surface area contributed by atoms with E-state index in [1.807, 2.05) is 36.4 Å². The Hall–Kier alpha value is -2.95. The number of aromatic nitrogens is 1. The van der Waals surface area contributed by atoms with Crippen molar-refractivity contribution in [1.29, 1.82) is 0 Å². The van der Waals surface area contributed by atoms with Gasteiger partial charge in [0.25, 0.3) is 0 Å². The lowest BCUT2D eigenvalue weighted by Crippen LogP contribution is -2.22. The van der Waals surface area contributed by atoms with Crippen molar-refractivity contribution >= 4 is 5.69 Å². The first-order valence-electron chi connectivity index (χ1n) is 8.39. The summed E-state index contributed by atoms with van der Waals surface area (Å²) in [7, 11) is 0. The fraction of sp³-hybridized carbons (Fsp3) is 0.250. The van der Waals surface area contributed by atoms with Gasteiger partial charge in [-0.15, -0.1) is 0 Å². The Labute approximate surface area is 146 Å². The Morgan fingerprint density at radius 2 is 1.92 bits per heavy atom. The molecule has 3 aromatic rings. The van der Waals surface area contributed by atoms with Crippen LogP contribution in [0.15, 0.2) is 53.1 Å². The first kappa shape index (κ1) is 15.6. The Kier molecular flexibility index (Phi) is 4.06. The zero-order valence-corrected chi connectivity index (χ0v) is 14.4. The average molecular weight is 336 g/mol. The van der Waals surface area contributed by atoms with E-state index in [9.17, 15) is 0 Å². The average Bonchev–Trinajstić information content (AvgIpc) is 3.28. The van der Waals surface area contributed by atoms with Crippen molar-refractivity contribution < 1.29 is 13.9 Å². The van der Waals surface area contributed by atoms with Crippen LogP contribution in [0, 0.1) is 6.92 Å². The van der Waals surface area contributed by atoms with Crippen LogP contribution in [0.4, 0.5) is 5.69 Å². The Balaban J connectivity index is 1.56. The highest BCUT2D eigenvalue weighted by Crippen LogP contribution is 2.35. The van der Waals surface area contributed by atoms with Crippen LogP contribution in [-0.4, -0.2) is 18.3 Å². The maximum Gasteiger partial charge on any atom is 0.231 e. The molecule has 2 heterocycles. The number of oxazole rings is 1. The summed E-state index contributed by atoms with van der Waals surface area (Å²) < 4.78 is 16.6. The molecule has 0 atom stereocenters. The molecule has 0 radical (unpaired) electrons. The number of fused-ring (bicyclic) bond motifs is 1. The molecule has 1 aliphatic heterocycles. The fourth-order valence-electron chi connectivity index (χ4n) is 2.98. The molecule has 0 amide bonds. The molecule has 1 aromatic heterocycles. The van der Waals surface area contributed by atoms with Gasteiger partial charge >= 0.3 is 0 Å². The van der Waals surface area contributed by atoms with E-state index in [1.165, 1.54) is 0 Å². The highest BCUT2D eigenvalue weighted by molar-refractivity contribution is 5.59. The molecule has 25 heavy (non-hydrogen) atoms. The monoisotopic (exact) mass is 336 g/mol. The summed E-state index contributed by atoms with van der Waals surface area (Å²) in [6.07, 6.45) is 1.73. The molecule has 0 bridgehead atoms. The summed E-state index contributed by atoms with van der Waals surface area (Å²) in [4.78, 5) is 6.89. The van der Waals surface area contributed by atoms with Gasteiger partial charge in [-0.2, -0.15) is 0 Å². The van der Waals surface area contributed by atoms with Gasteiger partial charge in [0.1, 0.15) is 6.26 Å². The zero-order chi connectivity index (χ0) is 17.2. The predicted molar refractivity (Wildman–Crippen MR) is 96.0 cm³/mol. The fourth-order valence-corrected chi connectivity index (χ4v) is 2.98. The van der Waals surface area contributed by atoms with Gasteiger partial charge in [0.2, 0.25) is 12.7 Å². The highest BCUT2D eigenvalue weighted by atomic mass is 16.7. The van der Waals surface area contributed by atoms with Crippen molar-refractivity contribution in [1.82, 2.24) is 4.98 Å². The minimum atomic E-state index is 0.286. The van der Waals surface area contributed by atoms with E-state index in [-0.39, 0.29) is 6.79 Å². The summed E-state index contributed by atoms with van der Waals surface area (Å²) in [6.45, 7) is 5.99. The molecular weight excluding hydrogens is 316 g/mol. The molecule has 4 rings (SSSR count). The van der Waals surface area contributed by atoms with Gasteiger partial charge in [0.15, 0.2) is 11.5 Å². The van der Waals surface area contributed by atoms with Gasteiger partial charge in [-0.1, -0.05) is 18.2 Å². The maximum absolute atomic E-state index is 5.70. The van der Waals surface area contributed by atoms with E-state index in [0.717, 1.165) is 40.6 Å². The van der Waals surface area contributed by atoms with E-state index in [4.69, 9.17) is 13.9 Å². The van der Waals surface area contributed by atoms with Crippen LogP contribution in [0.3, 0.4) is 0 Å². The number of aryl methyl sites for hydroxylation is 1. The summed E-state index contributed by atoms with van der Waals surface area (Å²) >= 11 is 0. The molecule has 1 aliphatic rings. The minimum Gasteiger partial charge on any atom is -0.454 e. The summed E-state index contributed by atoms with van der Waals surface area (Å²) in [5.41, 5.74) is 4.16. The quantitative estimate of drug-likeness (QED) is 0.691. The number of anilines is 1. The molecule has 0 unspecified atom stereocenters. The van der Waals surface area contributed by atoms with Crippen molar-refractivity contribution in [3.05, 3.63) is 60.0 Å². The Morgan fingerprint density at radius 1 is 1.08 bits per heavy atom. The maximum atomic E-state index is 5.70. The second-order valence-electron chi connectivity index (χ2n) is 6.01. The third-order valence-electron chi connectivity index (χ3n) is 4.38. The van der Waals surface area contributed by atoms with Crippen LogP contribution in [0.1, 0.15) is 18.2 Å². The number of rotatable bonds is 5. The van der Waals surface area contributed by atoms with Crippen LogP contribution in [-0.2, 0) is 6.54 Å². The second-order valence-corrected chi connectivity index (χ2v) is 6.01. The first-order valence-corrected chi connectivity index (χ1v) is 8.39. The molecule has 0 fully saturated rings. The van der Waals surface area contributed by atoms with Gasteiger partial charge in [0.05, 0.1) is 12.2 Å². The second kappa shape index (κ2) is 6.51. The molecule has 0 saturated heterocycles. The van der Waals surface area contributed by atoms with E-state index in [1.54, 1.807) is 6.26 Å². The number of nitrogens with zero attached hydrogens (tertiary/aromatic N) is 2. The normalized spacial score (nSPS) is 12.4. The SMILES string of the molecule is CCN(Cc1coc(-c2ccccc2C)n1)c1ccc2c(c1)OCO2. The van der Waals surface area contributed by atoms with E-state index in [2.05, 4.69) is 29.8 Å². The molecule has 5 nitrogen and oxygen atoms in total. The molecule has 0 aliphatic carbocycles. The largest absolute Gasteiger partial charge is 0.454 e. The number of ether oxygens (including phenoxy) is 2. The zero-order valence-electron chi connectivity index (χ0n) is 14.4. The van der Waals surface area contributed by atoms with Crippen LogP contribution in [0.25, 0.3) is 11.5 Å². The highest BCUT2D eigenvalue weighted by Gasteiger charge is 2.17. The smallest absolute Gasteiger partial charge is 0.231 e. The summed E-state index contributed by atoms with van der Waals surface area (Å²) in [5.74, 6) is 2.25. The Morgan fingerprint density at radius 3 is 2.76 bits per heavy atom. The number of hydrogen-bond donors (Lipinski definition) is 0. The van der Waals surface area contributed by atoms with E-state index >= 15 is 0 Å². The third-order valence-corrected chi connectivity index (χ3v) is 4.38. The van der Waals surface area contributed by atoms with E-state index < -0.39 is 0 Å². The molecule has 2 aromatic carbocycles. The van der Waals surface area contributed by atoms with E-state index in [0.29, 0.717) is 12.4 Å². The third kappa shape index (κ3) is 3.05. The predicted octanol–water partition coefficient (Wildman–Crippen LogP) is 4.41. The van der Waals surface area contributed by atoms with Crippen LogP contribution in [0.2, 0.25) is 0 Å². The van der Waals surface area contributed by atoms with Gasteiger partial charge < -0.3 is 18.8 Å². The molecule has 5 heteroatoms. The first-order chi connectivity index (χ1) is 12.2. The standard InChI is InChI=1S/C20H20N2O3/c1-3-22(16-8-9-18-19(10-16)25-13-24-18)11-15-12-23-20(21-15)17-7-5-4-6-14(17)2/h4-10,12H,3,11,13H2,1-2H3. The van der Waals surface area contributed by atoms with Crippen LogP contribution >= 0.6 is 0 Å². The number of benzene rings is 2. The van der Waals surface area contributed by atoms with Crippen molar-refractivity contribution in [3.63, 3.8) is 0 Å². The van der Waals surface area contributed by atoms with Crippen LogP contribution in [0.5, 0.6) is 11.5 Å².